The fourth-order valence-electron chi connectivity index (χ4n) is 3.51. The molecule has 4 heterocycles. The molecule has 0 atom stereocenters. The molecule has 3 aromatic heterocycles. The molecule has 3 aromatic rings. The van der Waals surface area contributed by atoms with Crippen molar-refractivity contribution in [1.82, 2.24) is 29.4 Å². The van der Waals surface area contributed by atoms with Gasteiger partial charge in [-0.05, 0) is 25.6 Å². The van der Waals surface area contributed by atoms with E-state index in [-0.39, 0.29) is 5.65 Å². The maximum absolute atomic E-state index is 13.0. The molecule has 1 aliphatic rings. The SMILES string of the molecule is Cc1ccc(CN(C)Cc2nc(N3CCOCC3)c3ncn(CC(F)(F)F)c3n2)nc1. The van der Waals surface area contributed by atoms with Gasteiger partial charge in [-0.3, -0.25) is 9.88 Å². The van der Waals surface area contributed by atoms with Crippen molar-refractivity contribution in [3.8, 4) is 0 Å². The van der Waals surface area contributed by atoms with Gasteiger partial charge in [0.05, 0.1) is 31.8 Å². The molecule has 0 radical (unpaired) electrons. The molecule has 0 amide bonds. The summed E-state index contributed by atoms with van der Waals surface area (Å²) in [5, 5.41) is 0. The number of imidazole rings is 1. The molecule has 0 aromatic carbocycles. The van der Waals surface area contributed by atoms with Gasteiger partial charge in [0.25, 0.3) is 0 Å². The summed E-state index contributed by atoms with van der Waals surface area (Å²) in [4.78, 5) is 21.7. The van der Waals surface area contributed by atoms with E-state index in [1.54, 1.807) is 6.20 Å². The summed E-state index contributed by atoms with van der Waals surface area (Å²) in [6, 6.07) is 3.94. The standard InChI is InChI=1S/C20H24F3N7O/c1-14-3-4-15(24-9-14)10-28(2)11-16-26-18(29-5-7-31-8-6-29)17-19(27-16)30(13-25-17)12-20(21,22)23/h3-4,9,13H,5-8,10-12H2,1-2H3. The fraction of sp³-hybridized carbons (Fsp3) is 0.500. The first-order chi connectivity index (χ1) is 14.8. The van der Waals surface area contributed by atoms with E-state index in [2.05, 4.69) is 19.9 Å². The van der Waals surface area contributed by atoms with Gasteiger partial charge in [-0.1, -0.05) is 6.07 Å². The van der Waals surface area contributed by atoms with Crippen LogP contribution in [0.25, 0.3) is 11.2 Å². The summed E-state index contributed by atoms with van der Waals surface area (Å²) in [6.45, 7) is 4.01. The normalized spacial score (nSPS) is 15.2. The molecule has 1 aliphatic heterocycles. The van der Waals surface area contributed by atoms with Crippen molar-refractivity contribution in [2.24, 2.45) is 0 Å². The molecule has 0 spiro atoms. The van der Waals surface area contributed by atoms with Gasteiger partial charge >= 0.3 is 6.18 Å². The van der Waals surface area contributed by atoms with Crippen molar-refractivity contribution in [2.45, 2.75) is 32.7 Å². The third kappa shape index (κ3) is 5.28. The number of rotatable bonds is 6. The van der Waals surface area contributed by atoms with Crippen LogP contribution in [0.1, 0.15) is 17.1 Å². The Kier molecular flexibility index (Phi) is 6.05. The Labute approximate surface area is 177 Å². The topological polar surface area (TPSA) is 72.2 Å². The molecule has 0 aliphatic carbocycles. The summed E-state index contributed by atoms with van der Waals surface area (Å²) >= 11 is 0. The van der Waals surface area contributed by atoms with Crippen molar-refractivity contribution >= 4 is 17.0 Å². The van der Waals surface area contributed by atoms with E-state index in [0.717, 1.165) is 15.8 Å². The first-order valence-electron chi connectivity index (χ1n) is 10.00. The van der Waals surface area contributed by atoms with E-state index in [4.69, 9.17) is 4.74 Å². The molecule has 0 unspecified atom stereocenters. The largest absolute Gasteiger partial charge is 0.406 e. The fourth-order valence-corrected chi connectivity index (χ4v) is 3.51. The Morgan fingerprint density at radius 1 is 1.10 bits per heavy atom. The highest BCUT2D eigenvalue weighted by Gasteiger charge is 2.30. The predicted octanol–water partition coefficient (Wildman–Crippen LogP) is 2.56. The average Bonchev–Trinajstić information content (AvgIpc) is 3.11. The van der Waals surface area contributed by atoms with Gasteiger partial charge in [-0.15, -0.1) is 0 Å². The zero-order valence-corrected chi connectivity index (χ0v) is 17.4. The molecule has 1 fully saturated rings. The number of aryl methyl sites for hydroxylation is 1. The second kappa shape index (κ2) is 8.75. The van der Waals surface area contributed by atoms with Gasteiger partial charge < -0.3 is 14.2 Å². The highest BCUT2D eigenvalue weighted by atomic mass is 19.4. The quantitative estimate of drug-likeness (QED) is 0.589. The number of fused-ring (bicyclic) bond motifs is 1. The lowest BCUT2D eigenvalue weighted by Gasteiger charge is -2.28. The lowest BCUT2D eigenvalue weighted by atomic mass is 10.2. The van der Waals surface area contributed by atoms with Gasteiger partial charge in [0.2, 0.25) is 0 Å². The number of ether oxygens (including phenoxy) is 1. The minimum absolute atomic E-state index is 0.186. The van der Waals surface area contributed by atoms with Crippen LogP contribution in [0.3, 0.4) is 0 Å². The van der Waals surface area contributed by atoms with E-state index in [9.17, 15) is 13.2 Å². The van der Waals surface area contributed by atoms with Crippen molar-refractivity contribution < 1.29 is 17.9 Å². The Bertz CT molecular complexity index is 1030. The number of halogens is 3. The molecule has 0 saturated carbocycles. The zero-order valence-electron chi connectivity index (χ0n) is 17.4. The molecule has 166 valence electrons. The van der Waals surface area contributed by atoms with E-state index < -0.39 is 12.7 Å². The smallest absolute Gasteiger partial charge is 0.378 e. The minimum Gasteiger partial charge on any atom is -0.378 e. The van der Waals surface area contributed by atoms with E-state index in [1.807, 2.05) is 35.9 Å². The maximum atomic E-state index is 13.0. The van der Waals surface area contributed by atoms with E-state index >= 15 is 0 Å². The summed E-state index contributed by atoms with van der Waals surface area (Å²) < 4.78 is 45.6. The van der Waals surface area contributed by atoms with Gasteiger partial charge in [-0.25, -0.2) is 15.0 Å². The molecule has 31 heavy (non-hydrogen) atoms. The maximum Gasteiger partial charge on any atom is 0.406 e. The second-order valence-corrected chi connectivity index (χ2v) is 7.72. The highest BCUT2D eigenvalue weighted by Crippen LogP contribution is 2.26. The number of anilines is 1. The van der Waals surface area contributed by atoms with Crippen molar-refractivity contribution in [1.29, 1.82) is 0 Å². The van der Waals surface area contributed by atoms with Crippen molar-refractivity contribution in [3.05, 3.63) is 41.7 Å². The first kappa shape index (κ1) is 21.4. The number of aromatic nitrogens is 5. The number of hydrogen-bond acceptors (Lipinski definition) is 7. The molecule has 1 saturated heterocycles. The predicted molar refractivity (Wildman–Crippen MR) is 109 cm³/mol. The molecule has 11 heteroatoms. The number of nitrogens with zero attached hydrogens (tertiary/aromatic N) is 7. The van der Waals surface area contributed by atoms with Crippen LogP contribution in [0.5, 0.6) is 0 Å². The summed E-state index contributed by atoms with van der Waals surface area (Å²) in [5.41, 5.74) is 2.53. The highest BCUT2D eigenvalue weighted by molar-refractivity contribution is 5.83. The number of morpholine rings is 1. The Morgan fingerprint density at radius 3 is 2.55 bits per heavy atom. The first-order valence-corrected chi connectivity index (χ1v) is 10.00. The Hall–Kier alpha value is -2.79. The van der Waals surface area contributed by atoms with E-state index in [0.29, 0.717) is 56.6 Å². The Morgan fingerprint density at radius 2 is 1.87 bits per heavy atom. The second-order valence-electron chi connectivity index (χ2n) is 7.72. The minimum atomic E-state index is -4.37. The lowest BCUT2D eigenvalue weighted by molar-refractivity contribution is -0.140. The van der Waals surface area contributed by atoms with Crippen LogP contribution >= 0.6 is 0 Å². The van der Waals surface area contributed by atoms with Crippen LogP contribution in [0, 0.1) is 6.92 Å². The van der Waals surface area contributed by atoms with Gasteiger partial charge in [0, 0.05) is 25.8 Å². The van der Waals surface area contributed by atoms with Gasteiger partial charge in [0.1, 0.15) is 12.4 Å². The van der Waals surface area contributed by atoms with Crippen molar-refractivity contribution in [2.75, 3.05) is 38.3 Å². The van der Waals surface area contributed by atoms with Crippen LogP contribution in [0.15, 0.2) is 24.7 Å². The number of hydrogen-bond donors (Lipinski definition) is 0. The molecule has 0 bridgehead atoms. The molecular formula is C20H24F3N7O. The van der Waals surface area contributed by atoms with Crippen molar-refractivity contribution in [3.63, 3.8) is 0 Å². The van der Waals surface area contributed by atoms with Gasteiger partial charge in [0.15, 0.2) is 17.0 Å². The van der Waals surface area contributed by atoms with Crippen LogP contribution < -0.4 is 4.90 Å². The molecule has 8 nitrogen and oxygen atoms in total. The number of pyridine rings is 1. The van der Waals surface area contributed by atoms with Crippen LogP contribution in [-0.4, -0.2) is 68.9 Å². The van der Waals surface area contributed by atoms with Crippen LogP contribution in [-0.2, 0) is 24.4 Å². The lowest BCUT2D eigenvalue weighted by Crippen LogP contribution is -2.37. The molecular weight excluding hydrogens is 411 g/mol. The third-order valence-electron chi connectivity index (χ3n) is 4.97. The average molecular weight is 435 g/mol. The number of alkyl halides is 3. The summed E-state index contributed by atoms with van der Waals surface area (Å²) in [7, 11) is 1.90. The third-order valence-corrected chi connectivity index (χ3v) is 4.97. The molecule has 0 N–H and O–H groups in total. The van der Waals surface area contributed by atoms with Crippen LogP contribution in [0.2, 0.25) is 0 Å². The monoisotopic (exact) mass is 435 g/mol. The summed E-state index contributed by atoms with van der Waals surface area (Å²) in [6.07, 6.45) is -1.38. The summed E-state index contributed by atoms with van der Waals surface area (Å²) in [5.74, 6) is 0.985. The van der Waals surface area contributed by atoms with Crippen LogP contribution in [0.4, 0.5) is 19.0 Å². The molecule has 4 rings (SSSR count). The van der Waals surface area contributed by atoms with Gasteiger partial charge in [-0.2, -0.15) is 13.2 Å². The van der Waals surface area contributed by atoms with E-state index in [1.165, 1.54) is 6.33 Å². The Balaban J connectivity index is 1.64. The zero-order chi connectivity index (χ0) is 22.0.